The maximum atomic E-state index is 10.6. The summed E-state index contributed by atoms with van der Waals surface area (Å²) in [6, 6.07) is 0. The second-order valence-electron chi connectivity index (χ2n) is 7.64. The molecule has 0 amide bonds. The predicted octanol–water partition coefficient (Wildman–Crippen LogP) is 4.81. The summed E-state index contributed by atoms with van der Waals surface area (Å²) < 4.78 is 6.20. The third kappa shape index (κ3) is 3.50. The molecule has 1 aliphatic heterocycles. The second kappa shape index (κ2) is 6.12. The predicted molar refractivity (Wildman–Crippen MR) is 93.3 cm³/mol. The Morgan fingerprint density at radius 3 is 2.39 bits per heavy atom. The minimum Gasteiger partial charge on any atom is -0.478 e. The van der Waals surface area contributed by atoms with Crippen molar-refractivity contribution in [1.29, 1.82) is 0 Å². The van der Waals surface area contributed by atoms with Gasteiger partial charge in [-0.3, -0.25) is 0 Å². The Morgan fingerprint density at radius 2 is 1.78 bits per heavy atom. The Kier molecular flexibility index (Phi) is 4.72. The van der Waals surface area contributed by atoms with E-state index >= 15 is 0 Å². The lowest BCUT2D eigenvalue weighted by Gasteiger charge is -2.36. The fraction of sp³-hybridized carbons (Fsp3) is 0.550. The minimum atomic E-state index is -0.920. The summed E-state index contributed by atoms with van der Waals surface area (Å²) in [6.07, 6.45) is 14.8. The van der Waals surface area contributed by atoms with E-state index in [1.54, 1.807) is 13.0 Å². The normalized spacial score (nSPS) is 34.0. The number of carboxylic acid groups (broad SMARTS) is 1. The molecule has 0 aromatic rings. The highest BCUT2D eigenvalue weighted by Gasteiger charge is 2.73. The van der Waals surface area contributed by atoms with Crippen molar-refractivity contribution in [3.63, 3.8) is 0 Å². The molecule has 1 heterocycles. The molecule has 1 saturated carbocycles. The number of aliphatic carboxylic acids is 1. The standard InChI is InChI=1S/C20H28O3/c1-15(8-6-9-16(2)14-17(21)22)10-13-20-18(3,4)11-7-12-19(20,5)23-20/h6,8-10,13-14H,7,11-12H2,1-5H3,(H,21,22). The first-order valence-electron chi connectivity index (χ1n) is 8.28. The monoisotopic (exact) mass is 316 g/mol. The number of epoxide rings is 1. The van der Waals surface area contributed by atoms with E-state index in [0.29, 0.717) is 0 Å². The van der Waals surface area contributed by atoms with Crippen molar-refractivity contribution in [2.24, 2.45) is 5.41 Å². The van der Waals surface area contributed by atoms with Crippen molar-refractivity contribution in [3.05, 3.63) is 47.6 Å². The van der Waals surface area contributed by atoms with Gasteiger partial charge >= 0.3 is 5.97 Å². The van der Waals surface area contributed by atoms with Crippen LogP contribution in [0.3, 0.4) is 0 Å². The summed E-state index contributed by atoms with van der Waals surface area (Å²) in [5, 5.41) is 8.68. The summed E-state index contributed by atoms with van der Waals surface area (Å²) >= 11 is 0. The number of hydrogen-bond donors (Lipinski definition) is 1. The van der Waals surface area contributed by atoms with E-state index in [0.717, 1.165) is 17.6 Å². The van der Waals surface area contributed by atoms with E-state index < -0.39 is 5.97 Å². The molecular formula is C20H28O3. The number of ether oxygens (including phenoxy) is 1. The van der Waals surface area contributed by atoms with Gasteiger partial charge < -0.3 is 9.84 Å². The average Bonchev–Trinajstić information content (AvgIpc) is 3.03. The summed E-state index contributed by atoms with van der Waals surface area (Å²) in [5.41, 5.74) is 1.85. The molecule has 1 saturated heterocycles. The van der Waals surface area contributed by atoms with E-state index in [9.17, 15) is 4.79 Å². The van der Waals surface area contributed by atoms with Gasteiger partial charge in [-0.05, 0) is 51.7 Å². The van der Waals surface area contributed by atoms with Crippen LogP contribution in [0.1, 0.15) is 53.9 Å². The van der Waals surface area contributed by atoms with Crippen LogP contribution >= 0.6 is 0 Å². The van der Waals surface area contributed by atoms with E-state index in [4.69, 9.17) is 9.84 Å². The maximum Gasteiger partial charge on any atom is 0.328 e. The van der Waals surface area contributed by atoms with Crippen LogP contribution in [-0.2, 0) is 9.53 Å². The van der Waals surface area contributed by atoms with Crippen molar-refractivity contribution in [1.82, 2.24) is 0 Å². The molecule has 0 spiro atoms. The van der Waals surface area contributed by atoms with Gasteiger partial charge in [-0.1, -0.05) is 43.7 Å². The highest BCUT2D eigenvalue weighted by Crippen LogP contribution is 2.66. The van der Waals surface area contributed by atoms with Crippen LogP contribution in [-0.4, -0.2) is 22.3 Å². The Balaban J connectivity index is 2.07. The topological polar surface area (TPSA) is 49.8 Å². The van der Waals surface area contributed by atoms with Gasteiger partial charge in [0.05, 0.1) is 5.60 Å². The molecule has 2 unspecified atom stereocenters. The van der Waals surface area contributed by atoms with Crippen molar-refractivity contribution in [3.8, 4) is 0 Å². The van der Waals surface area contributed by atoms with E-state index in [1.165, 1.54) is 18.9 Å². The molecule has 3 nitrogen and oxygen atoms in total. The smallest absolute Gasteiger partial charge is 0.328 e. The third-order valence-electron chi connectivity index (χ3n) is 5.24. The molecular weight excluding hydrogens is 288 g/mol. The van der Waals surface area contributed by atoms with Gasteiger partial charge in [0.2, 0.25) is 0 Å². The molecule has 1 N–H and O–H groups in total. The Labute approximate surface area is 139 Å². The third-order valence-corrected chi connectivity index (χ3v) is 5.24. The first kappa shape index (κ1) is 17.7. The molecule has 2 atom stereocenters. The minimum absolute atomic E-state index is 0.0117. The quantitative estimate of drug-likeness (QED) is 0.450. The molecule has 2 rings (SSSR count). The summed E-state index contributed by atoms with van der Waals surface area (Å²) in [6.45, 7) is 10.6. The maximum absolute atomic E-state index is 10.6. The number of fused-ring (bicyclic) bond motifs is 1. The van der Waals surface area contributed by atoms with Crippen molar-refractivity contribution in [2.45, 2.75) is 65.1 Å². The number of rotatable bonds is 5. The first-order valence-corrected chi connectivity index (χ1v) is 8.28. The highest BCUT2D eigenvalue weighted by atomic mass is 16.6. The number of carbonyl (C=O) groups is 1. The number of hydrogen-bond acceptors (Lipinski definition) is 2. The molecule has 2 fully saturated rings. The Bertz CT molecular complexity index is 606. The fourth-order valence-electron chi connectivity index (χ4n) is 3.81. The van der Waals surface area contributed by atoms with E-state index in [-0.39, 0.29) is 16.6 Å². The van der Waals surface area contributed by atoms with Gasteiger partial charge in [-0.2, -0.15) is 0 Å². The van der Waals surface area contributed by atoms with E-state index in [1.807, 2.05) is 19.1 Å². The zero-order valence-electron chi connectivity index (χ0n) is 14.8. The zero-order valence-corrected chi connectivity index (χ0v) is 14.8. The molecule has 126 valence electrons. The summed E-state index contributed by atoms with van der Waals surface area (Å²) in [5.74, 6) is -0.920. The van der Waals surface area contributed by atoms with Crippen molar-refractivity contribution >= 4 is 5.97 Å². The van der Waals surface area contributed by atoms with Crippen LogP contribution in [0.5, 0.6) is 0 Å². The van der Waals surface area contributed by atoms with E-state index in [2.05, 4.69) is 32.9 Å². The molecule has 3 heteroatoms. The summed E-state index contributed by atoms with van der Waals surface area (Å²) in [4.78, 5) is 10.6. The van der Waals surface area contributed by atoms with Crippen LogP contribution in [0.2, 0.25) is 0 Å². The van der Waals surface area contributed by atoms with Crippen LogP contribution < -0.4 is 0 Å². The van der Waals surface area contributed by atoms with Gasteiger partial charge in [0, 0.05) is 11.5 Å². The number of allylic oxidation sites excluding steroid dienone is 6. The largest absolute Gasteiger partial charge is 0.478 e. The molecule has 2 aliphatic rings. The summed E-state index contributed by atoms with van der Waals surface area (Å²) in [7, 11) is 0. The SMILES string of the molecule is CC(C=CC12OC1(C)CCCC2(C)C)=CC=CC(C)=CC(=O)O. The van der Waals surface area contributed by atoms with Crippen LogP contribution in [0, 0.1) is 5.41 Å². The molecule has 0 aromatic carbocycles. The molecule has 0 bridgehead atoms. The van der Waals surface area contributed by atoms with Gasteiger partial charge in [0.1, 0.15) is 5.60 Å². The Hall–Kier alpha value is -1.61. The Morgan fingerprint density at radius 1 is 1.09 bits per heavy atom. The lowest BCUT2D eigenvalue weighted by molar-refractivity contribution is -0.131. The molecule has 1 aliphatic carbocycles. The lowest BCUT2D eigenvalue weighted by atomic mass is 9.64. The molecule has 0 aromatic heterocycles. The lowest BCUT2D eigenvalue weighted by Crippen LogP contribution is -2.41. The van der Waals surface area contributed by atoms with Crippen LogP contribution in [0.25, 0.3) is 0 Å². The second-order valence-corrected chi connectivity index (χ2v) is 7.64. The average molecular weight is 316 g/mol. The van der Waals surface area contributed by atoms with Gasteiger partial charge in [-0.25, -0.2) is 4.79 Å². The molecule has 0 radical (unpaired) electrons. The first-order chi connectivity index (χ1) is 10.6. The highest BCUT2D eigenvalue weighted by molar-refractivity contribution is 5.81. The van der Waals surface area contributed by atoms with Crippen LogP contribution in [0.4, 0.5) is 0 Å². The molecule has 23 heavy (non-hydrogen) atoms. The van der Waals surface area contributed by atoms with Gasteiger partial charge in [0.15, 0.2) is 0 Å². The van der Waals surface area contributed by atoms with Crippen molar-refractivity contribution < 1.29 is 14.6 Å². The van der Waals surface area contributed by atoms with Crippen molar-refractivity contribution in [2.75, 3.05) is 0 Å². The van der Waals surface area contributed by atoms with Gasteiger partial charge in [-0.15, -0.1) is 0 Å². The number of carboxylic acids is 1. The van der Waals surface area contributed by atoms with Gasteiger partial charge in [0.25, 0.3) is 0 Å². The fourth-order valence-corrected chi connectivity index (χ4v) is 3.81. The van der Waals surface area contributed by atoms with Crippen LogP contribution in [0.15, 0.2) is 47.6 Å². The zero-order chi connectivity index (χ0) is 17.3.